The maximum Gasteiger partial charge on any atom is 1.00 e. The zero-order valence-corrected chi connectivity index (χ0v) is 13.6. The number of aliphatic hydroxyl groups is 1. The second kappa shape index (κ2) is 6.18. The third-order valence-corrected chi connectivity index (χ3v) is 3.58. The van der Waals surface area contributed by atoms with E-state index in [9.17, 15) is 36.0 Å². The van der Waals surface area contributed by atoms with Crippen LogP contribution in [0.3, 0.4) is 0 Å². The van der Waals surface area contributed by atoms with Gasteiger partial charge in [0.05, 0.1) is 12.1 Å². The number of halogens is 3. The first-order valence-corrected chi connectivity index (χ1v) is 6.84. The van der Waals surface area contributed by atoms with Crippen LogP contribution in [0.15, 0.2) is 0 Å². The molecule has 2 fully saturated rings. The van der Waals surface area contributed by atoms with Gasteiger partial charge in [-0.3, -0.25) is 0 Å². The normalized spacial score (nSPS) is 27.6. The summed E-state index contributed by atoms with van der Waals surface area (Å²) in [7, 11) is -5.20. The third kappa shape index (κ3) is 4.00. The van der Waals surface area contributed by atoms with Crippen molar-refractivity contribution in [1.82, 2.24) is 9.96 Å². The van der Waals surface area contributed by atoms with E-state index in [4.69, 9.17) is 0 Å². The van der Waals surface area contributed by atoms with Gasteiger partial charge in [-0.25, -0.2) is 13.2 Å². The Balaban J connectivity index is 0.00000220. The van der Waals surface area contributed by atoms with Crippen LogP contribution in [0.25, 0.3) is 0 Å². The van der Waals surface area contributed by atoms with Crippen molar-refractivity contribution in [1.29, 1.82) is 0 Å². The molecule has 116 valence electrons. The molecule has 3 atom stereocenters. The van der Waals surface area contributed by atoms with Crippen LogP contribution in [0.1, 0.15) is 12.8 Å². The van der Waals surface area contributed by atoms with Crippen molar-refractivity contribution in [3.05, 3.63) is 0 Å². The Bertz CT molecular complexity index is 515. The Morgan fingerprint density at radius 2 is 1.95 bits per heavy atom. The number of alkyl halides is 3. The number of carbonyl (C=O) groups is 1. The van der Waals surface area contributed by atoms with Crippen molar-refractivity contribution < 1.29 is 69.9 Å². The quantitative estimate of drug-likeness (QED) is 0.325. The van der Waals surface area contributed by atoms with Gasteiger partial charge in [0.2, 0.25) is 10.4 Å². The Kier molecular flexibility index (Phi) is 5.57. The predicted octanol–water partition coefficient (Wildman–Crippen LogP) is -3.43. The fourth-order valence-corrected chi connectivity index (χ4v) is 2.79. The zero-order chi connectivity index (χ0) is 15.3. The molecule has 0 radical (unpaired) electrons. The van der Waals surface area contributed by atoms with Crippen molar-refractivity contribution in [3.8, 4) is 0 Å². The molecule has 0 aromatic rings. The summed E-state index contributed by atoms with van der Waals surface area (Å²) >= 11 is 0. The summed E-state index contributed by atoms with van der Waals surface area (Å²) < 4.78 is 72.8. The van der Waals surface area contributed by atoms with Gasteiger partial charge in [-0.2, -0.15) is 22.5 Å². The number of hydroxylamine groups is 2. The molecule has 2 amide bonds. The van der Waals surface area contributed by atoms with Crippen LogP contribution in [0.5, 0.6) is 0 Å². The molecule has 1 N–H and O–H groups in total. The predicted molar refractivity (Wildman–Crippen MR) is 53.6 cm³/mol. The number of aliphatic hydroxyl groups excluding tert-OH is 1. The molecule has 0 aliphatic carbocycles. The number of carbonyl (C=O) groups excluding carboxylic acids is 1. The molecule has 2 aliphatic rings. The zero-order valence-electron chi connectivity index (χ0n) is 10.8. The molecule has 0 aromatic carbocycles. The molecule has 0 spiro atoms. The first-order chi connectivity index (χ1) is 9.00. The van der Waals surface area contributed by atoms with E-state index in [1.54, 1.807) is 0 Å². The smallest absolute Gasteiger partial charge is 0.724 e. The number of amides is 2. The average Bonchev–Trinajstić information content (AvgIpc) is 2.51. The van der Waals surface area contributed by atoms with E-state index < -0.39 is 40.8 Å². The summed E-state index contributed by atoms with van der Waals surface area (Å²) in [6.45, 7) is -0.244. The summed E-state index contributed by atoms with van der Waals surface area (Å²) in [6.07, 6.45) is -7.85. The topological polar surface area (TPSA) is 110 Å². The van der Waals surface area contributed by atoms with Crippen LogP contribution in [-0.4, -0.2) is 65.0 Å². The molecule has 13 heteroatoms. The van der Waals surface area contributed by atoms with Gasteiger partial charge in [0, 0.05) is 6.54 Å². The summed E-state index contributed by atoms with van der Waals surface area (Å²) in [4.78, 5) is 12.4. The van der Waals surface area contributed by atoms with E-state index in [0.717, 1.165) is 0 Å². The van der Waals surface area contributed by atoms with Gasteiger partial charge in [-0.15, -0.1) is 0 Å². The van der Waals surface area contributed by atoms with Gasteiger partial charge in [-0.05, 0) is 12.8 Å². The molecule has 0 saturated carbocycles. The van der Waals surface area contributed by atoms with E-state index >= 15 is 0 Å². The Morgan fingerprint density at radius 1 is 1.38 bits per heavy atom. The molecule has 2 rings (SSSR count). The summed E-state index contributed by atoms with van der Waals surface area (Å²) in [6, 6.07) is -3.54. The van der Waals surface area contributed by atoms with Gasteiger partial charge in [0.15, 0.2) is 6.10 Å². The molecular formula is C8H10F3N2NaO6S. The van der Waals surface area contributed by atoms with Crippen molar-refractivity contribution >= 4 is 16.4 Å². The van der Waals surface area contributed by atoms with Crippen LogP contribution in [0.4, 0.5) is 18.0 Å². The minimum Gasteiger partial charge on any atom is -0.724 e. The Labute approximate surface area is 140 Å². The monoisotopic (exact) mass is 342 g/mol. The second-order valence-corrected chi connectivity index (χ2v) is 5.49. The molecule has 21 heavy (non-hydrogen) atoms. The van der Waals surface area contributed by atoms with Gasteiger partial charge in [0.1, 0.15) is 0 Å². The molecule has 2 bridgehead atoms. The molecule has 8 nitrogen and oxygen atoms in total. The Morgan fingerprint density at radius 3 is 2.43 bits per heavy atom. The van der Waals surface area contributed by atoms with Crippen LogP contribution < -0.4 is 29.6 Å². The van der Waals surface area contributed by atoms with E-state index in [-0.39, 0.29) is 54.0 Å². The van der Waals surface area contributed by atoms with E-state index in [1.165, 1.54) is 0 Å². The van der Waals surface area contributed by atoms with Crippen LogP contribution in [0, 0.1) is 0 Å². The van der Waals surface area contributed by atoms with Gasteiger partial charge in [-0.1, -0.05) is 0 Å². The summed E-state index contributed by atoms with van der Waals surface area (Å²) in [5.74, 6) is 0. The first kappa shape index (κ1) is 18.9. The molecule has 1 unspecified atom stereocenters. The number of rotatable bonds is 3. The number of nitrogens with zero attached hydrogens (tertiary/aromatic N) is 2. The minimum absolute atomic E-state index is 0. The van der Waals surface area contributed by atoms with Crippen LogP contribution >= 0.6 is 0 Å². The number of hydrogen-bond donors (Lipinski definition) is 1. The molecular weight excluding hydrogens is 332 g/mol. The third-order valence-electron chi connectivity index (χ3n) is 3.24. The van der Waals surface area contributed by atoms with Crippen LogP contribution in [-0.2, 0) is 14.7 Å². The molecule has 2 aliphatic heterocycles. The van der Waals surface area contributed by atoms with Gasteiger partial charge in [0.25, 0.3) is 0 Å². The van der Waals surface area contributed by atoms with Crippen LogP contribution in [0.2, 0.25) is 0 Å². The molecule has 0 aromatic heterocycles. The minimum atomic E-state index is -5.20. The van der Waals surface area contributed by atoms with E-state index in [1.807, 2.05) is 0 Å². The van der Waals surface area contributed by atoms with Crippen molar-refractivity contribution in [3.63, 3.8) is 0 Å². The number of fused-ring (bicyclic) bond motifs is 2. The molecule has 2 saturated heterocycles. The van der Waals surface area contributed by atoms with Crippen molar-refractivity contribution in [2.75, 3.05) is 6.54 Å². The SMILES string of the molecule is O=C1N2C[C@@H](CC[C@H]2C(O)C(F)(F)F)N1OS(=O)(=O)[O-].[Na+]. The van der Waals surface area contributed by atoms with E-state index in [2.05, 4.69) is 4.28 Å². The fraction of sp³-hybridized carbons (Fsp3) is 0.875. The van der Waals surface area contributed by atoms with Crippen molar-refractivity contribution in [2.24, 2.45) is 0 Å². The molecule has 2 heterocycles. The van der Waals surface area contributed by atoms with E-state index in [0.29, 0.717) is 4.90 Å². The van der Waals surface area contributed by atoms with Crippen molar-refractivity contribution in [2.45, 2.75) is 37.2 Å². The number of urea groups is 1. The maximum absolute atomic E-state index is 12.5. The summed E-state index contributed by atoms with van der Waals surface area (Å²) in [5, 5.41) is 9.46. The maximum atomic E-state index is 12.5. The number of hydrogen-bond acceptors (Lipinski definition) is 6. The number of piperidine rings is 1. The van der Waals surface area contributed by atoms with Gasteiger partial charge >= 0.3 is 41.8 Å². The average molecular weight is 342 g/mol. The fourth-order valence-electron chi connectivity index (χ4n) is 2.40. The largest absolute Gasteiger partial charge is 1.00 e. The summed E-state index contributed by atoms with van der Waals surface area (Å²) in [5.41, 5.74) is 0. The standard InChI is InChI=1S/C8H11F3N2O6S.Na/c9-8(10,11)6(14)5-2-1-4-3-12(5)7(15)13(4)19-20(16,17)18;/h4-6,14H,1-3H2,(H,16,17,18);/q;+1/p-1/t4-,5+,6?;/m1./s1. The first-order valence-electron chi connectivity index (χ1n) is 5.51. The van der Waals surface area contributed by atoms with Gasteiger partial charge < -0.3 is 14.6 Å². The Hall–Kier alpha value is -0.110. The second-order valence-electron chi connectivity index (χ2n) is 4.53.